The van der Waals surface area contributed by atoms with Gasteiger partial charge in [-0.1, -0.05) is 13.3 Å². The molecule has 0 aliphatic rings. The number of carbonyl (C=O) groups is 1. The fraction of sp³-hybridized carbons (Fsp3) is 0.500. The lowest BCUT2D eigenvalue weighted by Crippen LogP contribution is -2.08. The SMILES string of the molecule is CCCCOC[CH]OOC(=O)c1ccc(OC(C)C)cc1. The van der Waals surface area contributed by atoms with Gasteiger partial charge in [-0.3, -0.25) is 4.89 Å². The fourth-order valence-corrected chi connectivity index (χ4v) is 1.47. The highest BCUT2D eigenvalue weighted by Gasteiger charge is 2.09. The van der Waals surface area contributed by atoms with Crippen LogP contribution in [0.4, 0.5) is 0 Å². The Morgan fingerprint density at radius 2 is 1.95 bits per heavy atom. The highest BCUT2D eigenvalue weighted by Crippen LogP contribution is 2.14. The van der Waals surface area contributed by atoms with E-state index in [9.17, 15) is 4.79 Å². The summed E-state index contributed by atoms with van der Waals surface area (Å²) in [5.74, 6) is 0.147. The summed E-state index contributed by atoms with van der Waals surface area (Å²) in [5.41, 5.74) is 0.395. The van der Waals surface area contributed by atoms with Crippen LogP contribution in [0.25, 0.3) is 0 Å². The second-order valence-electron chi connectivity index (χ2n) is 4.75. The van der Waals surface area contributed by atoms with Crippen molar-refractivity contribution >= 4 is 5.97 Å². The van der Waals surface area contributed by atoms with Gasteiger partial charge in [0.1, 0.15) is 5.75 Å². The predicted octanol–water partition coefficient (Wildman–Crippen LogP) is 3.54. The Hall–Kier alpha value is -1.59. The van der Waals surface area contributed by atoms with Gasteiger partial charge in [0.25, 0.3) is 0 Å². The first-order chi connectivity index (χ1) is 10.1. The maximum atomic E-state index is 11.7. The number of unbranched alkanes of at least 4 members (excludes halogenated alkanes) is 1. The van der Waals surface area contributed by atoms with Crippen molar-refractivity contribution in [2.45, 2.75) is 39.7 Å². The van der Waals surface area contributed by atoms with E-state index in [-0.39, 0.29) is 12.7 Å². The van der Waals surface area contributed by atoms with Gasteiger partial charge >= 0.3 is 5.97 Å². The molecule has 0 amide bonds. The molecule has 0 unspecified atom stereocenters. The van der Waals surface area contributed by atoms with Crippen molar-refractivity contribution in [1.82, 2.24) is 0 Å². The van der Waals surface area contributed by atoms with Crippen LogP contribution in [0.1, 0.15) is 44.0 Å². The lowest BCUT2D eigenvalue weighted by Gasteiger charge is -2.09. The topological polar surface area (TPSA) is 54.0 Å². The molecule has 0 aliphatic heterocycles. The third-order valence-corrected chi connectivity index (χ3v) is 2.48. The molecule has 0 saturated heterocycles. The van der Waals surface area contributed by atoms with Crippen LogP contribution in [-0.2, 0) is 14.5 Å². The zero-order chi connectivity index (χ0) is 15.5. The number of hydrogen-bond acceptors (Lipinski definition) is 5. The summed E-state index contributed by atoms with van der Waals surface area (Å²) in [6.07, 6.45) is 2.17. The third kappa shape index (κ3) is 7.68. The zero-order valence-electron chi connectivity index (χ0n) is 12.8. The van der Waals surface area contributed by atoms with E-state index < -0.39 is 5.97 Å². The van der Waals surface area contributed by atoms with Crippen LogP contribution in [0, 0.1) is 6.61 Å². The second kappa shape index (κ2) is 10.2. The van der Waals surface area contributed by atoms with E-state index in [0.29, 0.717) is 17.9 Å². The molecule has 1 aromatic carbocycles. The molecule has 0 spiro atoms. The highest BCUT2D eigenvalue weighted by atomic mass is 17.2. The number of ether oxygens (including phenoxy) is 2. The lowest BCUT2D eigenvalue weighted by atomic mass is 10.2. The summed E-state index contributed by atoms with van der Waals surface area (Å²) in [5, 5.41) is 0. The molecule has 0 heterocycles. The van der Waals surface area contributed by atoms with Gasteiger partial charge in [-0.2, -0.15) is 4.89 Å². The van der Waals surface area contributed by atoms with Gasteiger partial charge in [0.15, 0.2) is 6.61 Å². The summed E-state index contributed by atoms with van der Waals surface area (Å²) in [6, 6.07) is 6.69. The van der Waals surface area contributed by atoms with E-state index in [2.05, 4.69) is 11.8 Å². The van der Waals surface area contributed by atoms with Gasteiger partial charge in [0.2, 0.25) is 0 Å². The van der Waals surface area contributed by atoms with E-state index in [1.807, 2.05) is 13.8 Å². The minimum absolute atomic E-state index is 0.0912. The van der Waals surface area contributed by atoms with Gasteiger partial charge in [0.05, 0.1) is 18.3 Å². The van der Waals surface area contributed by atoms with Crippen molar-refractivity contribution in [3.8, 4) is 5.75 Å². The van der Waals surface area contributed by atoms with Crippen LogP contribution in [0.5, 0.6) is 5.75 Å². The van der Waals surface area contributed by atoms with Crippen molar-refractivity contribution in [3.05, 3.63) is 36.4 Å². The molecule has 1 rings (SSSR count). The molecule has 5 nitrogen and oxygen atoms in total. The Morgan fingerprint density at radius 1 is 1.24 bits per heavy atom. The van der Waals surface area contributed by atoms with Crippen LogP contribution < -0.4 is 4.74 Å². The molecule has 1 aromatic rings. The van der Waals surface area contributed by atoms with E-state index in [4.69, 9.17) is 14.4 Å². The summed E-state index contributed by atoms with van der Waals surface area (Å²) >= 11 is 0. The van der Waals surface area contributed by atoms with Crippen molar-refractivity contribution in [2.24, 2.45) is 0 Å². The quantitative estimate of drug-likeness (QED) is 0.375. The van der Waals surface area contributed by atoms with Crippen molar-refractivity contribution in [2.75, 3.05) is 13.2 Å². The minimum atomic E-state index is -0.559. The smallest absolute Gasteiger partial charge is 0.373 e. The third-order valence-electron chi connectivity index (χ3n) is 2.48. The molecule has 5 heteroatoms. The van der Waals surface area contributed by atoms with Crippen LogP contribution in [0.3, 0.4) is 0 Å². The molecule has 21 heavy (non-hydrogen) atoms. The molecule has 0 N–H and O–H groups in total. The first-order valence-corrected chi connectivity index (χ1v) is 7.17. The van der Waals surface area contributed by atoms with E-state index in [1.54, 1.807) is 24.3 Å². The molecule has 0 aromatic heterocycles. The van der Waals surface area contributed by atoms with Gasteiger partial charge < -0.3 is 9.47 Å². The normalized spacial score (nSPS) is 10.7. The molecule has 117 valence electrons. The Bertz CT molecular complexity index is 400. The summed E-state index contributed by atoms with van der Waals surface area (Å²) in [4.78, 5) is 21.0. The van der Waals surface area contributed by atoms with E-state index in [0.717, 1.165) is 12.8 Å². The van der Waals surface area contributed by atoms with Crippen molar-refractivity contribution < 1.29 is 24.0 Å². The van der Waals surface area contributed by atoms with E-state index in [1.165, 1.54) is 6.61 Å². The number of benzene rings is 1. The van der Waals surface area contributed by atoms with Crippen LogP contribution in [0.15, 0.2) is 24.3 Å². The predicted molar refractivity (Wildman–Crippen MR) is 78.7 cm³/mol. The molecular formula is C16H23O5. The maximum Gasteiger partial charge on any atom is 0.373 e. The van der Waals surface area contributed by atoms with Crippen LogP contribution >= 0.6 is 0 Å². The number of hydrogen-bond donors (Lipinski definition) is 0. The standard InChI is InChI=1S/C16H23O5/c1-4-5-10-18-11-12-19-21-16(17)14-6-8-15(9-7-14)20-13(2)3/h6-9,12-13H,4-5,10-11H2,1-3H3. The largest absolute Gasteiger partial charge is 0.491 e. The first kappa shape index (κ1) is 17.5. The fourth-order valence-electron chi connectivity index (χ4n) is 1.47. The van der Waals surface area contributed by atoms with Gasteiger partial charge in [-0.15, -0.1) is 0 Å². The van der Waals surface area contributed by atoms with Crippen molar-refractivity contribution in [3.63, 3.8) is 0 Å². The monoisotopic (exact) mass is 295 g/mol. The minimum Gasteiger partial charge on any atom is -0.491 e. The first-order valence-electron chi connectivity index (χ1n) is 7.17. The molecule has 0 atom stereocenters. The zero-order valence-corrected chi connectivity index (χ0v) is 12.8. The summed E-state index contributed by atoms with van der Waals surface area (Å²) in [6.45, 7) is 8.23. The second-order valence-corrected chi connectivity index (χ2v) is 4.75. The van der Waals surface area contributed by atoms with Crippen LogP contribution in [-0.4, -0.2) is 25.3 Å². The van der Waals surface area contributed by atoms with Crippen LogP contribution in [0.2, 0.25) is 0 Å². The maximum absolute atomic E-state index is 11.7. The Labute approximate surface area is 126 Å². The summed E-state index contributed by atoms with van der Waals surface area (Å²) in [7, 11) is 0. The summed E-state index contributed by atoms with van der Waals surface area (Å²) < 4.78 is 10.7. The van der Waals surface area contributed by atoms with Gasteiger partial charge in [0, 0.05) is 6.61 Å². The Kier molecular flexibility index (Phi) is 8.47. The number of carbonyl (C=O) groups excluding carboxylic acids is 1. The average molecular weight is 295 g/mol. The molecule has 1 radical (unpaired) electrons. The average Bonchev–Trinajstić information content (AvgIpc) is 2.46. The van der Waals surface area contributed by atoms with Crippen molar-refractivity contribution in [1.29, 1.82) is 0 Å². The highest BCUT2D eigenvalue weighted by molar-refractivity contribution is 5.89. The lowest BCUT2D eigenvalue weighted by molar-refractivity contribution is -0.218. The van der Waals surface area contributed by atoms with E-state index >= 15 is 0 Å². The Morgan fingerprint density at radius 3 is 2.57 bits per heavy atom. The molecule has 0 saturated carbocycles. The van der Waals surface area contributed by atoms with Gasteiger partial charge in [-0.25, -0.2) is 4.79 Å². The molecule has 0 fully saturated rings. The number of rotatable bonds is 10. The Balaban J connectivity index is 2.22. The van der Waals surface area contributed by atoms with Gasteiger partial charge in [-0.05, 0) is 44.5 Å². The molecular weight excluding hydrogens is 272 g/mol. The molecule has 0 bridgehead atoms. The molecule has 0 aliphatic carbocycles.